The highest BCUT2D eigenvalue weighted by atomic mass is 16.5. The van der Waals surface area contributed by atoms with Crippen LogP contribution in [-0.4, -0.2) is 37.3 Å². The van der Waals surface area contributed by atoms with Crippen molar-refractivity contribution in [2.45, 2.75) is 13.1 Å². The Balaban J connectivity index is 1.72. The predicted octanol–water partition coefficient (Wildman–Crippen LogP) is 3.65. The van der Waals surface area contributed by atoms with E-state index in [0.717, 1.165) is 47.6 Å². The van der Waals surface area contributed by atoms with E-state index in [4.69, 9.17) is 19.2 Å². The topological polar surface area (TPSA) is 43.8 Å². The van der Waals surface area contributed by atoms with Crippen LogP contribution in [-0.2, 0) is 13.1 Å². The van der Waals surface area contributed by atoms with Crippen LogP contribution in [0.4, 0.5) is 0 Å². The van der Waals surface area contributed by atoms with E-state index < -0.39 is 0 Å². The zero-order chi connectivity index (χ0) is 17.9. The number of nitrogens with zero attached hydrogens (tertiary/aromatic N) is 2. The third kappa shape index (κ3) is 3.18. The molecule has 2 heterocycles. The van der Waals surface area contributed by atoms with Crippen LogP contribution in [0.15, 0.2) is 48.5 Å². The quantitative estimate of drug-likeness (QED) is 0.719. The molecule has 0 atom stereocenters. The lowest BCUT2D eigenvalue weighted by Crippen LogP contribution is -2.25. The number of methoxy groups -OCH3 is 2. The Bertz CT molecular complexity index is 912. The summed E-state index contributed by atoms with van der Waals surface area (Å²) in [5.41, 5.74) is 3.13. The lowest BCUT2D eigenvalue weighted by atomic mass is 10.1. The van der Waals surface area contributed by atoms with Crippen molar-refractivity contribution in [2.24, 2.45) is 0 Å². The van der Waals surface area contributed by atoms with E-state index in [1.54, 1.807) is 14.2 Å². The molecule has 1 aliphatic rings. The number of rotatable bonds is 4. The largest absolute Gasteiger partial charge is 0.496 e. The van der Waals surface area contributed by atoms with Crippen LogP contribution in [0.5, 0.6) is 17.4 Å². The van der Waals surface area contributed by atoms with Gasteiger partial charge >= 0.3 is 0 Å². The van der Waals surface area contributed by atoms with E-state index in [0.29, 0.717) is 12.5 Å². The van der Waals surface area contributed by atoms with E-state index in [-0.39, 0.29) is 0 Å². The van der Waals surface area contributed by atoms with Crippen molar-refractivity contribution >= 4 is 10.9 Å². The minimum Gasteiger partial charge on any atom is -0.496 e. The van der Waals surface area contributed by atoms with Crippen molar-refractivity contribution in [1.29, 1.82) is 0 Å². The molecule has 0 radical (unpaired) electrons. The number of pyridine rings is 1. The molecule has 26 heavy (non-hydrogen) atoms. The molecule has 3 aromatic rings. The van der Waals surface area contributed by atoms with Crippen molar-refractivity contribution in [3.63, 3.8) is 0 Å². The van der Waals surface area contributed by atoms with Crippen LogP contribution in [0.2, 0.25) is 0 Å². The van der Waals surface area contributed by atoms with Crippen LogP contribution in [0.1, 0.15) is 11.1 Å². The summed E-state index contributed by atoms with van der Waals surface area (Å²) < 4.78 is 16.9. The van der Waals surface area contributed by atoms with Crippen molar-refractivity contribution in [3.05, 3.63) is 59.7 Å². The van der Waals surface area contributed by atoms with Crippen molar-refractivity contribution in [2.75, 3.05) is 27.4 Å². The fraction of sp³-hybridized carbons (Fsp3) is 0.286. The molecule has 0 spiro atoms. The molecule has 0 amide bonds. The zero-order valence-electron chi connectivity index (χ0n) is 15.1. The first-order valence-electron chi connectivity index (χ1n) is 8.72. The molecular formula is C21H22N2O3. The lowest BCUT2D eigenvalue weighted by Gasteiger charge is -2.19. The average molecular weight is 350 g/mol. The first-order chi connectivity index (χ1) is 12.8. The van der Waals surface area contributed by atoms with Gasteiger partial charge in [0, 0.05) is 30.6 Å². The highest BCUT2D eigenvalue weighted by Crippen LogP contribution is 2.36. The zero-order valence-corrected chi connectivity index (χ0v) is 15.1. The van der Waals surface area contributed by atoms with Crippen LogP contribution in [0, 0.1) is 0 Å². The van der Waals surface area contributed by atoms with E-state index in [1.165, 1.54) is 5.56 Å². The third-order valence-corrected chi connectivity index (χ3v) is 4.68. The second-order valence-corrected chi connectivity index (χ2v) is 6.36. The summed E-state index contributed by atoms with van der Waals surface area (Å²) in [4.78, 5) is 7.12. The minimum atomic E-state index is 0.616. The molecule has 0 fully saturated rings. The Morgan fingerprint density at radius 2 is 1.81 bits per heavy atom. The maximum Gasteiger partial charge on any atom is 0.218 e. The predicted molar refractivity (Wildman–Crippen MR) is 101 cm³/mol. The number of aromatic nitrogens is 1. The highest BCUT2D eigenvalue weighted by molar-refractivity contribution is 5.91. The van der Waals surface area contributed by atoms with Crippen LogP contribution >= 0.6 is 0 Å². The van der Waals surface area contributed by atoms with Gasteiger partial charge in [0.25, 0.3) is 0 Å². The molecule has 0 aliphatic carbocycles. The van der Waals surface area contributed by atoms with Crippen molar-refractivity contribution < 1.29 is 14.2 Å². The molecule has 5 nitrogen and oxygen atoms in total. The SMILES string of the molecule is COc1ccc(OC)c2nc3c(cc12)CN(Cc1ccccc1)CCO3. The number of benzene rings is 2. The number of ether oxygens (including phenoxy) is 3. The standard InChI is InChI=1S/C21H22N2O3/c1-24-18-8-9-19(25-2)20-17(18)12-16-14-23(10-11-26-21(16)22-20)13-15-6-4-3-5-7-15/h3-9,12H,10-11,13-14H2,1-2H3. The highest BCUT2D eigenvalue weighted by Gasteiger charge is 2.20. The van der Waals surface area contributed by atoms with Gasteiger partial charge in [-0.15, -0.1) is 0 Å². The van der Waals surface area contributed by atoms with Gasteiger partial charge in [0.1, 0.15) is 23.6 Å². The molecule has 0 saturated heterocycles. The normalized spacial score (nSPS) is 14.4. The molecule has 4 rings (SSSR count). The Labute approximate surface area is 153 Å². The fourth-order valence-electron chi connectivity index (χ4n) is 3.38. The Morgan fingerprint density at radius 1 is 1.04 bits per heavy atom. The molecule has 0 N–H and O–H groups in total. The van der Waals surface area contributed by atoms with Gasteiger partial charge < -0.3 is 14.2 Å². The maximum absolute atomic E-state index is 5.95. The van der Waals surface area contributed by atoms with Crippen molar-refractivity contribution in [3.8, 4) is 17.4 Å². The smallest absolute Gasteiger partial charge is 0.218 e. The summed E-state index contributed by atoms with van der Waals surface area (Å²) in [6.45, 7) is 3.14. The summed E-state index contributed by atoms with van der Waals surface area (Å²) >= 11 is 0. The summed E-state index contributed by atoms with van der Waals surface area (Å²) in [5.74, 6) is 2.19. The molecule has 1 aliphatic heterocycles. The average Bonchev–Trinajstić information content (AvgIpc) is 2.87. The Hall–Kier alpha value is -2.79. The number of hydrogen-bond acceptors (Lipinski definition) is 5. The van der Waals surface area contributed by atoms with Crippen molar-refractivity contribution in [1.82, 2.24) is 9.88 Å². The summed E-state index contributed by atoms with van der Waals surface area (Å²) in [5, 5.41) is 0.941. The lowest BCUT2D eigenvalue weighted by molar-refractivity contribution is 0.217. The van der Waals surface area contributed by atoms with Gasteiger partial charge in [-0.05, 0) is 23.8 Å². The molecular weight excluding hydrogens is 328 g/mol. The van der Waals surface area contributed by atoms with E-state index in [9.17, 15) is 0 Å². The van der Waals surface area contributed by atoms with Gasteiger partial charge in [0.05, 0.1) is 14.2 Å². The molecule has 0 unspecified atom stereocenters. The van der Waals surface area contributed by atoms with Gasteiger partial charge in [-0.3, -0.25) is 4.90 Å². The van der Waals surface area contributed by atoms with Crippen LogP contribution in [0.3, 0.4) is 0 Å². The summed E-state index contributed by atoms with van der Waals surface area (Å²) in [6, 6.07) is 16.4. The van der Waals surface area contributed by atoms with Crippen LogP contribution < -0.4 is 14.2 Å². The second-order valence-electron chi connectivity index (χ2n) is 6.36. The van der Waals surface area contributed by atoms with E-state index in [2.05, 4.69) is 35.2 Å². The van der Waals surface area contributed by atoms with E-state index >= 15 is 0 Å². The Kier molecular flexibility index (Phi) is 4.63. The minimum absolute atomic E-state index is 0.616. The molecule has 0 bridgehead atoms. The summed E-state index contributed by atoms with van der Waals surface area (Å²) in [6.07, 6.45) is 0. The molecule has 0 saturated carbocycles. The van der Waals surface area contributed by atoms with Crippen LogP contribution in [0.25, 0.3) is 10.9 Å². The van der Waals surface area contributed by atoms with Gasteiger partial charge in [0.2, 0.25) is 5.88 Å². The van der Waals surface area contributed by atoms with Gasteiger partial charge in [-0.2, -0.15) is 0 Å². The van der Waals surface area contributed by atoms with Gasteiger partial charge in [-0.25, -0.2) is 4.98 Å². The third-order valence-electron chi connectivity index (χ3n) is 4.68. The maximum atomic E-state index is 5.95. The number of hydrogen-bond donors (Lipinski definition) is 0. The molecule has 5 heteroatoms. The molecule has 2 aromatic carbocycles. The van der Waals surface area contributed by atoms with E-state index in [1.807, 2.05) is 18.2 Å². The second kappa shape index (κ2) is 7.22. The fourth-order valence-corrected chi connectivity index (χ4v) is 3.38. The first-order valence-corrected chi connectivity index (χ1v) is 8.72. The molecule has 134 valence electrons. The Morgan fingerprint density at radius 3 is 2.58 bits per heavy atom. The summed E-state index contributed by atoms with van der Waals surface area (Å²) in [7, 11) is 3.32. The molecule has 1 aromatic heterocycles. The first kappa shape index (κ1) is 16.7. The van der Waals surface area contributed by atoms with Gasteiger partial charge in [0.15, 0.2) is 0 Å². The van der Waals surface area contributed by atoms with Gasteiger partial charge in [-0.1, -0.05) is 30.3 Å². The monoisotopic (exact) mass is 350 g/mol. The number of fused-ring (bicyclic) bond motifs is 2.